The van der Waals surface area contributed by atoms with E-state index >= 15 is 0 Å². The number of aromatic nitrogens is 2. The molecule has 1 aromatic heterocycles. The number of hydrogen-bond donors (Lipinski definition) is 4. The van der Waals surface area contributed by atoms with E-state index in [4.69, 9.17) is 10.5 Å². The summed E-state index contributed by atoms with van der Waals surface area (Å²) in [5.74, 6) is 1.22. The topological polar surface area (TPSA) is 105 Å². The third kappa shape index (κ3) is 3.23. The van der Waals surface area contributed by atoms with Gasteiger partial charge in [-0.2, -0.15) is 5.10 Å². The molecule has 0 saturated carbocycles. The van der Waals surface area contributed by atoms with Crippen molar-refractivity contribution in [2.45, 2.75) is 6.54 Å². The summed E-state index contributed by atoms with van der Waals surface area (Å²) >= 11 is 0. The molecule has 2 rings (SSSR count). The van der Waals surface area contributed by atoms with Crippen molar-refractivity contribution in [2.24, 2.45) is 5.73 Å². The quantitative estimate of drug-likeness (QED) is 0.669. The fraction of sp³-hybridized carbons (Fsp3) is 0.167. The van der Waals surface area contributed by atoms with Gasteiger partial charge in [0.25, 0.3) is 0 Å². The largest absolute Gasteiger partial charge is 0.497 e. The molecule has 0 fully saturated rings. The Kier molecular flexibility index (Phi) is 3.99. The smallest absolute Gasteiger partial charge is 0.324 e. The predicted molar refractivity (Wildman–Crippen MR) is 72.1 cm³/mol. The summed E-state index contributed by atoms with van der Waals surface area (Å²) in [7, 11) is 1.59. The second kappa shape index (κ2) is 5.87. The number of ether oxygens (including phenoxy) is 1. The molecule has 2 amide bonds. The number of methoxy groups -OCH3 is 1. The first-order valence-electron chi connectivity index (χ1n) is 5.67. The molecule has 0 atom stereocenters. The number of carbonyl (C=O) groups is 1. The van der Waals surface area contributed by atoms with Crippen molar-refractivity contribution < 1.29 is 9.53 Å². The lowest BCUT2D eigenvalue weighted by molar-refractivity contribution is 0.262. The standard InChI is InChI=1S/C12H15N5O2/c1-19-10-4-2-9(3-5-10)15-12(18)16-11-8(6-13)7-14-17-11/h2-5,7H,6,13H2,1H3,(H3,14,15,16,17,18). The van der Waals surface area contributed by atoms with Crippen molar-refractivity contribution >= 4 is 17.5 Å². The Morgan fingerprint density at radius 3 is 2.74 bits per heavy atom. The van der Waals surface area contributed by atoms with Gasteiger partial charge in [0, 0.05) is 17.8 Å². The van der Waals surface area contributed by atoms with Gasteiger partial charge >= 0.3 is 6.03 Å². The molecule has 0 aliphatic rings. The van der Waals surface area contributed by atoms with E-state index in [-0.39, 0.29) is 6.03 Å². The maximum absolute atomic E-state index is 11.8. The average Bonchev–Trinajstić information content (AvgIpc) is 2.86. The highest BCUT2D eigenvalue weighted by atomic mass is 16.5. The highest BCUT2D eigenvalue weighted by Gasteiger charge is 2.07. The summed E-state index contributed by atoms with van der Waals surface area (Å²) in [4.78, 5) is 11.8. The number of nitrogens with one attached hydrogen (secondary N) is 3. The Morgan fingerprint density at radius 1 is 1.37 bits per heavy atom. The van der Waals surface area contributed by atoms with E-state index in [0.717, 1.165) is 11.3 Å². The fourth-order valence-corrected chi connectivity index (χ4v) is 1.52. The van der Waals surface area contributed by atoms with Crippen molar-refractivity contribution in [1.29, 1.82) is 0 Å². The van der Waals surface area contributed by atoms with Gasteiger partial charge in [-0.05, 0) is 24.3 Å². The van der Waals surface area contributed by atoms with Gasteiger partial charge in [-0.3, -0.25) is 10.4 Å². The van der Waals surface area contributed by atoms with Crippen LogP contribution in [0, 0.1) is 0 Å². The Balaban J connectivity index is 1.97. The second-order valence-corrected chi connectivity index (χ2v) is 3.78. The molecule has 2 aromatic rings. The third-order valence-corrected chi connectivity index (χ3v) is 2.52. The SMILES string of the molecule is COc1ccc(NC(=O)Nc2[nH]ncc2CN)cc1. The maximum atomic E-state index is 11.8. The van der Waals surface area contributed by atoms with E-state index in [9.17, 15) is 4.79 Å². The van der Waals surface area contributed by atoms with Gasteiger partial charge in [0.1, 0.15) is 11.6 Å². The van der Waals surface area contributed by atoms with Gasteiger partial charge in [-0.25, -0.2) is 4.79 Å². The molecule has 0 bridgehead atoms. The Bertz CT molecular complexity index is 550. The van der Waals surface area contributed by atoms with Gasteiger partial charge in [0.15, 0.2) is 0 Å². The lowest BCUT2D eigenvalue weighted by Crippen LogP contribution is -2.20. The van der Waals surface area contributed by atoms with Crippen LogP contribution < -0.4 is 21.1 Å². The van der Waals surface area contributed by atoms with Crippen molar-refractivity contribution in [3.05, 3.63) is 36.0 Å². The molecule has 5 N–H and O–H groups in total. The number of carbonyl (C=O) groups excluding carboxylic acids is 1. The minimum absolute atomic E-state index is 0.300. The van der Waals surface area contributed by atoms with Crippen molar-refractivity contribution in [1.82, 2.24) is 10.2 Å². The highest BCUT2D eigenvalue weighted by molar-refractivity contribution is 5.99. The van der Waals surface area contributed by atoms with E-state index in [1.165, 1.54) is 0 Å². The van der Waals surface area contributed by atoms with E-state index in [2.05, 4.69) is 20.8 Å². The zero-order chi connectivity index (χ0) is 13.7. The summed E-state index contributed by atoms with van der Waals surface area (Å²) in [6, 6.07) is 6.64. The number of nitrogens with two attached hydrogens (primary N) is 1. The number of aromatic amines is 1. The first kappa shape index (κ1) is 12.9. The number of H-pyrrole nitrogens is 1. The van der Waals surface area contributed by atoms with Crippen LogP contribution in [0.1, 0.15) is 5.56 Å². The highest BCUT2D eigenvalue weighted by Crippen LogP contribution is 2.15. The number of nitrogens with zero attached hydrogens (tertiary/aromatic N) is 1. The molecule has 0 aliphatic heterocycles. The summed E-state index contributed by atoms with van der Waals surface area (Å²) in [6.07, 6.45) is 1.57. The Hall–Kier alpha value is -2.54. The molecule has 0 unspecified atom stereocenters. The summed E-state index contributed by atoms with van der Waals surface area (Å²) < 4.78 is 5.03. The first-order chi connectivity index (χ1) is 9.22. The van der Waals surface area contributed by atoms with Crippen LogP contribution in [-0.4, -0.2) is 23.3 Å². The van der Waals surface area contributed by atoms with Crippen LogP contribution in [0.3, 0.4) is 0 Å². The Morgan fingerprint density at radius 2 is 2.11 bits per heavy atom. The number of hydrogen-bond acceptors (Lipinski definition) is 4. The van der Waals surface area contributed by atoms with Gasteiger partial charge in [0.05, 0.1) is 13.3 Å². The number of urea groups is 1. The van der Waals surface area contributed by atoms with E-state index < -0.39 is 0 Å². The molecule has 7 heteroatoms. The minimum Gasteiger partial charge on any atom is -0.497 e. The summed E-state index contributed by atoms with van der Waals surface area (Å²) in [5.41, 5.74) is 6.91. The lowest BCUT2D eigenvalue weighted by Gasteiger charge is -2.07. The third-order valence-electron chi connectivity index (χ3n) is 2.52. The number of amides is 2. The van der Waals surface area contributed by atoms with Crippen LogP contribution in [0.2, 0.25) is 0 Å². The lowest BCUT2D eigenvalue weighted by atomic mass is 10.3. The molecular formula is C12H15N5O2. The summed E-state index contributed by atoms with van der Waals surface area (Å²) in [6.45, 7) is 0.300. The zero-order valence-electron chi connectivity index (χ0n) is 10.4. The van der Waals surface area contributed by atoms with Crippen LogP contribution in [0.25, 0.3) is 0 Å². The number of rotatable bonds is 4. The van der Waals surface area contributed by atoms with E-state index in [1.54, 1.807) is 37.6 Å². The van der Waals surface area contributed by atoms with Crippen LogP contribution >= 0.6 is 0 Å². The molecule has 100 valence electrons. The zero-order valence-corrected chi connectivity index (χ0v) is 10.4. The second-order valence-electron chi connectivity index (χ2n) is 3.78. The molecule has 1 heterocycles. The van der Waals surface area contributed by atoms with Crippen molar-refractivity contribution in [2.75, 3.05) is 17.7 Å². The summed E-state index contributed by atoms with van der Waals surface area (Å²) in [5, 5.41) is 11.8. The van der Waals surface area contributed by atoms with Crippen LogP contribution in [0.15, 0.2) is 30.5 Å². The molecule has 0 aliphatic carbocycles. The number of anilines is 2. The first-order valence-corrected chi connectivity index (χ1v) is 5.67. The van der Waals surface area contributed by atoms with Gasteiger partial charge in [-0.1, -0.05) is 0 Å². The molecule has 19 heavy (non-hydrogen) atoms. The van der Waals surface area contributed by atoms with Gasteiger partial charge < -0.3 is 15.8 Å². The normalized spacial score (nSPS) is 10.0. The fourth-order valence-electron chi connectivity index (χ4n) is 1.52. The van der Waals surface area contributed by atoms with Gasteiger partial charge in [-0.15, -0.1) is 0 Å². The predicted octanol–water partition coefficient (Wildman–Crippen LogP) is 1.52. The average molecular weight is 261 g/mol. The maximum Gasteiger partial charge on any atom is 0.324 e. The molecule has 0 spiro atoms. The van der Waals surface area contributed by atoms with Crippen molar-refractivity contribution in [3.8, 4) is 5.75 Å². The molecule has 7 nitrogen and oxygen atoms in total. The van der Waals surface area contributed by atoms with E-state index in [1.807, 2.05) is 0 Å². The monoisotopic (exact) mass is 261 g/mol. The molecule has 1 aromatic carbocycles. The van der Waals surface area contributed by atoms with Crippen LogP contribution in [0.4, 0.5) is 16.3 Å². The van der Waals surface area contributed by atoms with Gasteiger partial charge in [0.2, 0.25) is 0 Å². The number of benzene rings is 1. The molecule has 0 saturated heterocycles. The Labute approximate surface area is 110 Å². The van der Waals surface area contributed by atoms with E-state index in [0.29, 0.717) is 18.1 Å². The molecule has 0 radical (unpaired) electrons. The minimum atomic E-state index is -0.371. The van der Waals surface area contributed by atoms with Crippen LogP contribution in [-0.2, 0) is 6.54 Å². The van der Waals surface area contributed by atoms with Crippen LogP contribution in [0.5, 0.6) is 5.75 Å². The van der Waals surface area contributed by atoms with Crippen molar-refractivity contribution in [3.63, 3.8) is 0 Å². The molecular weight excluding hydrogens is 246 g/mol.